The van der Waals surface area contributed by atoms with Gasteiger partial charge in [0.1, 0.15) is 12.3 Å². The van der Waals surface area contributed by atoms with E-state index >= 15 is 0 Å². The van der Waals surface area contributed by atoms with Gasteiger partial charge in [-0.1, -0.05) is 12.5 Å². The number of nitrogen functional groups attached to an aromatic ring is 1. The highest BCUT2D eigenvalue weighted by atomic mass is 35.5. The second-order valence-electron chi connectivity index (χ2n) is 5.00. The van der Waals surface area contributed by atoms with E-state index in [1.807, 2.05) is 24.4 Å². The number of piperidine rings is 1. The van der Waals surface area contributed by atoms with Crippen molar-refractivity contribution in [3.63, 3.8) is 0 Å². The van der Waals surface area contributed by atoms with Crippen LogP contribution in [-0.2, 0) is 0 Å². The summed E-state index contributed by atoms with van der Waals surface area (Å²) < 4.78 is 14.0. The summed E-state index contributed by atoms with van der Waals surface area (Å²) in [5, 5.41) is 4.35. The molecule has 3 N–H and O–H groups in total. The Bertz CT molecular complexity index is 555. The number of ether oxygens (including phenoxy) is 1. The number of hydrogen-bond acceptors (Lipinski definition) is 5. The lowest BCUT2D eigenvalue weighted by atomic mass is 10.1. The molecule has 0 aromatic carbocycles. The van der Waals surface area contributed by atoms with Gasteiger partial charge in [-0.25, -0.2) is 4.52 Å². The van der Waals surface area contributed by atoms with Crippen LogP contribution in [0.15, 0.2) is 24.4 Å². The van der Waals surface area contributed by atoms with Gasteiger partial charge in [-0.15, -0.1) is 5.10 Å². The molecule has 1 aliphatic heterocycles. The van der Waals surface area contributed by atoms with Crippen LogP contribution in [0, 0.1) is 0 Å². The molecule has 0 radical (unpaired) electrons. The molecule has 7 heteroatoms. The number of rotatable bonds is 4. The molecule has 0 saturated carbocycles. The Hall–Kier alpha value is -1.50. The number of hydrogen-bond donors (Lipinski definition) is 2. The van der Waals surface area contributed by atoms with Crippen molar-refractivity contribution in [3.05, 3.63) is 24.4 Å². The second-order valence-corrected chi connectivity index (χ2v) is 5.00. The van der Waals surface area contributed by atoms with Crippen molar-refractivity contribution in [1.29, 1.82) is 0 Å². The van der Waals surface area contributed by atoms with Crippen LogP contribution < -0.4 is 10.5 Å². The highest BCUT2D eigenvalue weighted by Gasteiger charge is 2.12. The summed E-state index contributed by atoms with van der Waals surface area (Å²) in [5.74, 6) is 0.545. The summed E-state index contributed by atoms with van der Waals surface area (Å²) in [6.45, 7) is 3.97. The van der Waals surface area contributed by atoms with Crippen molar-refractivity contribution in [1.82, 2.24) is 14.5 Å². The van der Waals surface area contributed by atoms with E-state index in [1.54, 1.807) is 4.52 Å². The van der Waals surface area contributed by atoms with E-state index in [1.165, 1.54) is 32.4 Å². The molecule has 21 heavy (non-hydrogen) atoms. The Balaban J connectivity index is 0.000000774. The van der Waals surface area contributed by atoms with Crippen molar-refractivity contribution >= 4 is 23.1 Å². The number of nitrogens with zero attached hydrogens (tertiary/aromatic N) is 3. The molecule has 116 valence electrons. The van der Waals surface area contributed by atoms with E-state index in [2.05, 4.69) is 21.9 Å². The van der Waals surface area contributed by atoms with Crippen LogP contribution >= 0.6 is 11.9 Å². The van der Waals surface area contributed by atoms with Crippen molar-refractivity contribution in [2.45, 2.75) is 19.3 Å². The Morgan fingerprint density at radius 1 is 1.24 bits per heavy atom. The van der Waals surface area contributed by atoms with E-state index in [9.17, 15) is 0 Å². The molecule has 3 heterocycles. The molecule has 2 aromatic rings. The number of nitrogens with two attached hydrogens (primary N) is 1. The third-order valence-corrected chi connectivity index (χ3v) is 3.64. The zero-order valence-corrected chi connectivity index (χ0v) is 12.7. The molecule has 0 spiro atoms. The first-order chi connectivity index (χ1) is 10.3. The first-order valence-electron chi connectivity index (χ1n) is 7.09. The second kappa shape index (κ2) is 8.07. The van der Waals surface area contributed by atoms with Gasteiger partial charge in [0.05, 0.1) is 17.4 Å². The Labute approximate surface area is 129 Å². The average molecular weight is 313 g/mol. The SMILES string of the molecule is Nc1c(OCCN2CCCCC2)nn2ccccc12.OCl. The standard InChI is InChI=1S/C14H20N4O.ClHO/c15-13-12-6-2-5-9-18(12)16-14(13)19-11-10-17-7-3-1-4-8-17;1-2/h2,5-6,9H,1,3-4,7-8,10-11,15H2;2H. The molecule has 1 saturated heterocycles. The van der Waals surface area contributed by atoms with Crippen molar-refractivity contribution in [3.8, 4) is 5.88 Å². The lowest BCUT2D eigenvalue weighted by Crippen LogP contribution is -2.33. The minimum Gasteiger partial charge on any atom is -0.474 e. The Morgan fingerprint density at radius 3 is 2.71 bits per heavy atom. The molecule has 2 aromatic heterocycles. The van der Waals surface area contributed by atoms with Gasteiger partial charge < -0.3 is 10.5 Å². The van der Waals surface area contributed by atoms with E-state index in [0.717, 1.165) is 12.1 Å². The Kier molecular flexibility index (Phi) is 6.10. The Morgan fingerprint density at radius 2 is 2.00 bits per heavy atom. The summed E-state index contributed by atoms with van der Waals surface area (Å²) in [5.41, 5.74) is 7.56. The largest absolute Gasteiger partial charge is 0.474 e. The fourth-order valence-corrected chi connectivity index (χ4v) is 2.56. The van der Waals surface area contributed by atoms with Gasteiger partial charge in [0.2, 0.25) is 0 Å². The topological polar surface area (TPSA) is 76.0 Å². The number of halogens is 1. The molecular weight excluding hydrogens is 292 g/mol. The highest BCUT2D eigenvalue weighted by molar-refractivity contribution is 6.04. The van der Waals surface area contributed by atoms with Crippen LogP contribution in [-0.4, -0.2) is 45.4 Å². The number of pyridine rings is 1. The molecule has 3 rings (SSSR count). The average Bonchev–Trinajstić information content (AvgIpc) is 2.87. The summed E-state index contributed by atoms with van der Waals surface area (Å²) >= 11 is 3.64. The maximum absolute atomic E-state index is 6.47. The van der Waals surface area contributed by atoms with Crippen LogP contribution in [0.5, 0.6) is 5.88 Å². The minimum atomic E-state index is 0.545. The number of anilines is 1. The molecule has 0 bridgehead atoms. The van der Waals surface area contributed by atoms with Gasteiger partial charge in [0.15, 0.2) is 0 Å². The fourth-order valence-electron chi connectivity index (χ4n) is 2.56. The van der Waals surface area contributed by atoms with Gasteiger partial charge in [-0.05, 0) is 38.1 Å². The highest BCUT2D eigenvalue weighted by Crippen LogP contribution is 2.24. The molecule has 1 fully saturated rings. The zero-order valence-electron chi connectivity index (χ0n) is 11.9. The maximum Gasteiger partial charge on any atom is 0.257 e. The monoisotopic (exact) mass is 312 g/mol. The first kappa shape index (κ1) is 15.9. The zero-order chi connectivity index (χ0) is 15.1. The van der Waals surface area contributed by atoms with Crippen molar-refractivity contribution in [2.75, 3.05) is 32.0 Å². The summed E-state index contributed by atoms with van der Waals surface area (Å²) in [4.78, 5) is 2.44. The van der Waals surface area contributed by atoms with E-state index in [0.29, 0.717) is 18.2 Å². The molecule has 0 unspecified atom stereocenters. The smallest absolute Gasteiger partial charge is 0.257 e. The molecular formula is C14H21ClN4O2. The summed E-state index contributed by atoms with van der Waals surface area (Å²) in [6.07, 6.45) is 5.84. The first-order valence-corrected chi connectivity index (χ1v) is 7.43. The van der Waals surface area contributed by atoms with Crippen LogP contribution in [0.2, 0.25) is 0 Å². The van der Waals surface area contributed by atoms with Gasteiger partial charge in [-0.2, -0.15) is 0 Å². The van der Waals surface area contributed by atoms with Gasteiger partial charge >= 0.3 is 0 Å². The van der Waals surface area contributed by atoms with E-state index in [4.69, 9.17) is 15.1 Å². The van der Waals surface area contributed by atoms with Crippen LogP contribution in [0.4, 0.5) is 5.69 Å². The van der Waals surface area contributed by atoms with Gasteiger partial charge in [-0.3, -0.25) is 9.56 Å². The minimum absolute atomic E-state index is 0.545. The molecule has 0 atom stereocenters. The molecule has 0 amide bonds. The number of aromatic nitrogens is 2. The normalized spacial score (nSPS) is 15.5. The lowest BCUT2D eigenvalue weighted by Gasteiger charge is -2.25. The van der Waals surface area contributed by atoms with Gasteiger partial charge in [0.25, 0.3) is 5.88 Å². The fraction of sp³-hybridized carbons (Fsp3) is 0.500. The number of fused-ring (bicyclic) bond motifs is 1. The molecule has 1 aliphatic rings. The van der Waals surface area contributed by atoms with Crippen LogP contribution in [0.1, 0.15) is 19.3 Å². The summed E-state index contributed by atoms with van der Waals surface area (Å²) in [7, 11) is 0. The van der Waals surface area contributed by atoms with E-state index < -0.39 is 0 Å². The van der Waals surface area contributed by atoms with Crippen LogP contribution in [0.25, 0.3) is 5.52 Å². The van der Waals surface area contributed by atoms with Crippen molar-refractivity contribution in [2.24, 2.45) is 0 Å². The predicted molar refractivity (Wildman–Crippen MR) is 83.5 cm³/mol. The summed E-state index contributed by atoms with van der Waals surface area (Å²) in [6, 6.07) is 5.82. The third-order valence-electron chi connectivity index (χ3n) is 3.64. The number of likely N-dealkylation sites (tertiary alicyclic amines) is 1. The van der Waals surface area contributed by atoms with Crippen molar-refractivity contribution < 1.29 is 9.40 Å². The molecule has 0 aliphatic carbocycles. The quantitative estimate of drug-likeness (QED) is 0.902. The van der Waals surface area contributed by atoms with Gasteiger partial charge in [0, 0.05) is 12.7 Å². The lowest BCUT2D eigenvalue weighted by molar-refractivity contribution is 0.180. The maximum atomic E-state index is 6.47. The third kappa shape index (κ3) is 4.00. The molecule has 6 nitrogen and oxygen atoms in total. The predicted octanol–water partition coefficient (Wildman–Crippen LogP) is 1.91. The van der Waals surface area contributed by atoms with E-state index in [-0.39, 0.29) is 0 Å². The van der Waals surface area contributed by atoms with Crippen LogP contribution in [0.3, 0.4) is 0 Å².